The van der Waals surface area contributed by atoms with Crippen molar-refractivity contribution in [3.8, 4) is 0 Å². The molecule has 1 aromatic carbocycles. The highest BCUT2D eigenvalue weighted by Gasteiger charge is 2.44. The summed E-state index contributed by atoms with van der Waals surface area (Å²) < 4.78 is 3.84. The maximum atomic E-state index is 13.2. The number of rotatable bonds is 7. The number of aryl methyl sites for hydroxylation is 1. The molecule has 0 aliphatic carbocycles. The van der Waals surface area contributed by atoms with E-state index < -0.39 is 0 Å². The highest BCUT2D eigenvalue weighted by Crippen LogP contribution is 2.36. The molecular weight excluding hydrogens is 540 g/mol. The van der Waals surface area contributed by atoms with Gasteiger partial charge in [0.2, 0.25) is 0 Å². The van der Waals surface area contributed by atoms with Gasteiger partial charge in [0, 0.05) is 93.5 Å². The van der Waals surface area contributed by atoms with Gasteiger partial charge in [-0.3, -0.25) is 4.79 Å². The molecule has 3 fully saturated rings. The molecule has 3 saturated heterocycles. The molecule has 0 unspecified atom stereocenters. The fourth-order valence-corrected chi connectivity index (χ4v) is 7.31. The molecule has 0 radical (unpaired) electrons. The minimum absolute atomic E-state index is 0.00292. The van der Waals surface area contributed by atoms with E-state index in [1.165, 1.54) is 5.56 Å². The van der Waals surface area contributed by atoms with Crippen molar-refractivity contribution in [3.05, 3.63) is 88.9 Å². The van der Waals surface area contributed by atoms with Crippen LogP contribution in [0.1, 0.15) is 43.9 Å². The van der Waals surface area contributed by atoms with Crippen LogP contribution in [0.25, 0.3) is 5.65 Å². The minimum Gasteiger partial charge on any atom is -0.370 e. The number of hydrogen-bond acceptors (Lipinski definition) is 6. The van der Waals surface area contributed by atoms with Crippen molar-refractivity contribution in [1.82, 2.24) is 29.2 Å². The standard InChI is InChI=1S/C33H40N8O2/c1-25-21-27(39-16-9-32(2,23-39)26-7-4-3-5-8-26)22-28(42)41(25)15-6-14-40-24-33(36-31(40)43)10-17-37(18-11-33)29-30-35-13-20-38(30)19-12-34-29/h3-5,7-8,12-13,19-22H,6,9-11,14-18,23-24H2,1-2H3,(H,36,43)/t32-/m1/s1. The first-order valence-electron chi connectivity index (χ1n) is 15.4. The number of pyridine rings is 1. The summed E-state index contributed by atoms with van der Waals surface area (Å²) in [5.41, 5.74) is 4.08. The number of carbonyl (C=O) groups is 1. The Labute approximate surface area is 252 Å². The molecule has 3 aromatic heterocycles. The highest BCUT2D eigenvalue weighted by molar-refractivity contribution is 5.78. The molecule has 3 aliphatic rings. The van der Waals surface area contributed by atoms with E-state index in [-0.39, 0.29) is 22.5 Å². The molecule has 1 N–H and O–H groups in total. The molecule has 43 heavy (non-hydrogen) atoms. The Kier molecular flexibility index (Phi) is 6.86. The number of nitrogens with one attached hydrogen (secondary N) is 1. The first kappa shape index (κ1) is 27.5. The third kappa shape index (κ3) is 5.13. The first-order chi connectivity index (χ1) is 20.8. The summed E-state index contributed by atoms with van der Waals surface area (Å²) in [6.07, 6.45) is 11.0. The molecule has 0 bridgehead atoms. The molecule has 10 nitrogen and oxygen atoms in total. The van der Waals surface area contributed by atoms with Crippen LogP contribution in [0.15, 0.2) is 72.0 Å². The Balaban J connectivity index is 0.943. The van der Waals surface area contributed by atoms with Gasteiger partial charge in [-0.05, 0) is 44.2 Å². The number of nitrogens with zero attached hydrogens (tertiary/aromatic N) is 7. The Bertz CT molecular complexity index is 1690. The molecule has 4 aromatic rings. The van der Waals surface area contributed by atoms with Crippen molar-refractivity contribution in [2.24, 2.45) is 0 Å². The van der Waals surface area contributed by atoms with Crippen molar-refractivity contribution in [1.29, 1.82) is 0 Å². The zero-order valence-corrected chi connectivity index (χ0v) is 25.1. The first-order valence-corrected chi connectivity index (χ1v) is 15.4. The Morgan fingerprint density at radius 2 is 1.63 bits per heavy atom. The van der Waals surface area contributed by atoms with E-state index in [2.05, 4.69) is 68.4 Å². The molecule has 0 saturated carbocycles. The van der Waals surface area contributed by atoms with Crippen LogP contribution >= 0.6 is 0 Å². The summed E-state index contributed by atoms with van der Waals surface area (Å²) in [7, 11) is 0. The number of fused-ring (bicyclic) bond motifs is 1. The molecule has 10 heteroatoms. The largest absolute Gasteiger partial charge is 0.370 e. The van der Waals surface area contributed by atoms with Gasteiger partial charge in [-0.2, -0.15) is 0 Å². The summed E-state index contributed by atoms with van der Waals surface area (Å²) in [4.78, 5) is 41.8. The van der Waals surface area contributed by atoms with Crippen LogP contribution in [-0.4, -0.2) is 74.7 Å². The number of imidazole rings is 1. The number of carbonyl (C=O) groups excluding carboxylic acids is 1. The van der Waals surface area contributed by atoms with E-state index in [0.717, 1.165) is 74.7 Å². The second kappa shape index (κ2) is 10.7. The maximum Gasteiger partial charge on any atom is 0.317 e. The van der Waals surface area contributed by atoms with Crippen LogP contribution in [-0.2, 0) is 12.0 Å². The monoisotopic (exact) mass is 580 g/mol. The third-order valence-corrected chi connectivity index (χ3v) is 9.90. The van der Waals surface area contributed by atoms with Crippen molar-refractivity contribution in [3.63, 3.8) is 0 Å². The molecule has 1 spiro atoms. The van der Waals surface area contributed by atoms with Gasteiger partial charge in [-0.25, -0.2) is 14.8 Å². The Morgan fingerprint density at radius 1 is 0.884 bits per heavy atom. The van der Waals surface area contributed by atoms with Crippen molar-refractivity contribution in [2.45, 2.75) is 57.0 Å². The summed E-state index contributed by atoms with van der Waals surface area (Å²) in [5, 5.41) is 3.30. The lowest BCUT2D eigenvalue weighted by Gasteiger charge is -2.39. The average molecular weight is 581 g/mol. The number of aromatic nitrogens is 4. The quantitative estimate of drug-likeness (QED) is 0.358. The number of benzene rings is 1. The van der Waals surface area contributed by atoms with E-state index in [4.69, 9.17) is 0 Å². The van der Waals surface area contributed by atoms with Crippen molar-refractivity contribution in [2.75, 3.05) is 49.1 Å². The van der Waals surface area contributed by atoms with Gasteiger partial charge in [0.15, 0.2) is 11.5 Å². The molecule has 2 amide bonds. The van der Waals surface area contributed by atoms with Crippen LogP contribution in [0.5, 0.6) is 0 Å². The molecule has 7 rings (SSSR count). The minimum atomic E-state index is -0.216. The summed E-state index contributed by atoms with van der Waals surface area (Å²) in [6, 6.07) is 14.6. The fourth-order valence-electron chi connectivity index (χ4n) is 7.31. The normalized spacial score (nSPS) is 21.7. The van der Waals surface area contributed by atoms with Gasteiger partial charge >= 0.3 is 6.03 Å². The fraction of sp³-hybridized carbons (Fsp3) is 0.455. The van der Waals surface area contributed by atoms with Crippen LogP contribution in [0.4, 0.5) is 16.3 Å². The lowest BCUT2D eigenvalue weighted by Crippen LogP contribution is -2.52. The van der Waals surface area contributed by atoms with Gasteiger partial charge in [-0.1, -0.05) is 37.3 Å². The smallest absolute Gasteiger partial charge is 0.317 e. The number of amides is 2. The van der Waals surface area contributed by atoms with E-state index >= 15 is 0 Å². The predicted molar refractivity (Wildman–Crippen MR) is 168 cm³/mol. The summed E-state index contributed by atoms with van der Waals surface area (Å²) >= 11 is 0. The maximum absolute atomic E-state index is 13.2. The second-order valence-electron chi connectivity index (χ2n) is 12.8. The summed E-state index contributed by atoms with van der Waals surface area (Å²) in [6.45, 7) is 9.72. The van der Waals surface area contributed by atoms with E-state index in [0.29, 0.717) is 19.6 Å². The van der Waals surface area contributed by atoms with Crippen LogP contribution in [0.2, 0.25) is 0 Å². The highest BCUT2D eigenvalue weighted by atomic mass is 16.2. The third-order valence-electron chi connectivity index (χ3n) is 9.90. The lowest BCUT2D eigenvalue weighted by molar-refractivity contribution is 0.215. The van der Waals surface area contributed by atoms with Gasteiger partial charge < -0.3 is 29.0 Å². The van der Waals surface area contributed by atoms with Gasteiger partial charge in [-0.15, -0.1) is 0 Å². The van der Waals surface area contributed by atoms with Crippen molar-refractivity contribution < 1.29 is 4.79 Å². The van der Waals surface area contributed by atoms with E-state index in [1.807, 2.05) is 39.4 Å². The van der Waals surface area contributed by atoms with Gasteiger partial charge in [0.05, 0.1) is 5.54 Å². The molecule has 3 aliphatic heterocycles. The Morgan fingerprint density at radius 3 is 2.40 bits per heavy atom. The molecule has 6 heterocycles. The SMILES string of the molecule is Cc1cc(N2CC[C@@](C)(c3ccccc3)C2)cc(=O)n1CCCN1CC2(CCN(c3nccn4ccnc34)CC2)NC1=O. The average Bonchev–Trinajstić information content (AvgIpc) is 3.73. The topological polar surface area (TPSA) is 91.0 Å². The van der Waals surface area contributed by atoms with Gasteiger partial charge in [0.1, 0.15) is 0 Å². The van der Waals surface area contributed by atoms with Crippen molar-refractivity contribution >= 4 is 23.2 Å². The number of anilines is 2. The van der Waals surface area contributed by atoms with Crippen LogP contribution < -0.4 is 20.7 Å². The number of piperidine rings is 1. The Hall–Kier alpha value is -4.34. The molecule has 1 atom stereocenters. The van der Waals surface area contributed by atoms with E-state index in [1.54, 1.807) is 12.3 Å². The molecular formula is C33H40N8O2. The number of hydrogen-bond donors (Lipinski definition) is 1. The van der Waals surface area contributed by atoms with Crippen LogP contribution in [0.3, 0.4) is 0 Å². The van der Waals surface area contributed by atoms with E-state index in [9.17, 15) is 9.59 Å². The zero-order valence-electron chi connectivity index (χ0n) is 25.1. The zero-order chi connectivity index (χ0) is 29.6. The van der Waals surface area contributed by atoms with Crippen LogP contribution in [0, 0.1) is 6.92 Å². The predicted octanol–water partition coefficient (Wildman–Crippen LogP) is 3.82. The lowest BCUT2D eigenvalue weighted by atomic mass is 9.82. The van der Waals surface area contributed by atoms with Gasteiger partial charge in [0.25, 0.3) is 5.56 Å². The second-order valence-corrected chi connectivity index (χ2v) is 12.8. The summed E-state index contributed by atoms with van der Waals surface area (Å²) in [5.74, 6) is 0.894. The molecule has 224 valence electrons. The number of urea groups is 1.